The summed E-state index contributed by atoms with van der Waals surface area (Å²) >= 11 is 0. The minimum Gasteiger partial charge on any atom is -0.478 e. The Morgan fingerprint density at radius 3 is 2.84 bits per heavy atom. The smallest absolute Gasteiger partial charge is 0.335 e. The second kappa shape index (κ2) is 4.24. The van der Waals surface area contributed by atoms with Crippen LogP contribution in [0.2, 0.25) is 0 Å². The van der Waals surface area contributed by atoms with Gasteiger partial charge in [0.2, 0.25) is 0 Å². The summed E-state index contributed by atoms with van der Waals surface area (Å²) < 4.78 is 0. The predicted molar refractivity (Wildman–Crippen MR) is 73.2 cm³/mol. The molecule has 2 heterocycles. The van der Waals surface area contributed by atoms with Gasteiger partial charge < -0.3 is 10.1 Å². The van der Waals surface area contributed by atoms with Crippen molar-refractivity contribution in [1.29, 1.82) is 0 Å². The zero-order chi connectivity index (χ0) is 13.4. The normalized spacial score (nSPS) is 10.8. The fraction of sp³-hybridized carbons (Fsp3) is 0.0667. The molecule has 1 aromatic carbocycles. The average Bonchev–Trinajstić information content (AvgIpc) is 2.74. The van der Waals surface area contributed by atoms with E-state index >= 15 is 0 Å². The third-order valence-corrected chi connectivity index (χ3v) is 3.16. The van der Waals surface area contributed by atoms with Crippen LogP contribution in [0.1, 0.15) is 16.1 Å². The van der Waals surface area contributed by atoms with Gasteiger partial charge in [-0.3, -0.25) is 4.98 Å². The van der Waals surface area contributed by atoms with E-state index in [1.165, 1.54) is 12.3 Å². The Hall–Kier alpha value is -2.62. The molecule has 0 amide bonds. The summed E-state index contributed by atoms with van der Waals surface area (Å²) in [6.07, 6.45) is 1.53. The van der Waals surface area contributed by atoms with Crippen molar-refractivity contribution in [2.75, 3.05) is 0 Å². The molecule has 0 aliphatic heterocycles. The van der Waals surface area contributed by atoms with Crippen molar-refractivity contribution in [3.63, 3.8) is 0 Å². The number of carboxylic acids is 1. The van der Waals surface area contributed by atoms with E-state index in [2.05, 4.69) is 9.97 Å². The summed E-state index contributed by atoms with van der Waals surface area (Å²) in [5.41, 5.74) is 3.89. The molecule has 94 valence electrons. The van der Waals surface area contributed by atoms with E-state index in [0.29, 0.717) is 5.69 Å². The van der Waals surface area contributed by atoms with Gasteiger partial charge in [0.15, 0.2) is 0 Å². The summed E-state index contributed by atoms with van der Waals surface area (Å²) in [4.78, 5) is 18.6. The molecule has 3 rings (SSSR count). The maximum atomic E-state index is 11.0. The zero-order valence-corrected chi connectivity index (χ0v) is 10.3. The summed E-state index contributed by atoms with van der Waals surface area (Å²) in [6, 6.07) is 11.0. The van der Waals surface area contributed by atoms with Gasteiger partial charge in [-0.15, -0.1) is 0 Å². The molecule has 4 nitrogen and oxygen atoms in total. The highest BCUT2D eigenvalue weighted by Gasteiger charge is 2.13. The van der Waals surface area contributed by atoms with Crippen LogP contribution < -0.4 is 0 Å². The predicted octanol–water partition coefficient (Wildman–Crippen LogP) is 3.24. The van der Waals surface area contributed by atoms with E-state index < -0.39 is 5.97 Å². The molecule has 0 saturated carbocycles. The number of aromatic nitrogens is 2. The molecule has 19 heavy (non-hydrogen) atoms. The fourth-order valence-electron chi connectivity index (χ4n) is 2.31. The van der Waals surface area contributed by atoms with Crippen molar-refractivity contribution in [1.82, 2.24) is 9.97 Å². The summed E-state index contributed by atoms with van der Waals surface area (Å²) in [6.45, 7) is 1.96. The molecule has 0 unspecified atom stereocenters. The van der Waals surface area contributed by atoms with E-state index in [9.17, 15) is 4.79 Å². The number of benzene rings is 1. The second-order valence-electron chi connectivity index (χ2n) is 4.41. The van der Waals surface area contributed by atoms with Crippen LogP contribution in [-0.2, 0) is 0 Å². The quantitative estimate of drug-likeness (QED) is 0.735. The van der Waals surface area contributed by atoms with E-state index in [1.54, 1.807) is 6.07 Å². The van der Waals surface area contributed by atoms with E-state index in [-0.39, 0.29) is 5.56 Å². The SMILES string of the molecule is Cc1[nH]c2ccccc2c1-c1cc(C(=O)O)ccn1. The molecule has 0 spiro atoms. The van der Waals surface area contributed by atoms with Gasteiger partial charge >= 0.3 is 5.97 Å². The van der Waals surface area contributed by atoms with Crippen LogP contribution in [0, 0.1) is 6.92 Å². The molecule has 0 aliphatic rings. The molecular weight excluding hydrogens is 240 g/mol. The van der Waals surface area contributed by atoms with Crippen LogP contribution in [0.5, 0.6) is 0 Å². The maximum absolute atomic E-state index is 11.0. The first-order valence-corrected chi connectivity index (χ1v) is 5.94. The fourth-order valence-corrected chi connectivity index (χ4v) is 2.31. The van der Waals surface area contributed by atoms with Gasteiger partial charge in [0.25, 0.3) is 0 Å². The number of hydrogen-bond acceptors (Lipinski definition) is 2. The molecule has 4 heteroatoms. The van der Waals surface area contributed by atoms with Crippen molar-refractivity contribution >= 4 is 16.9 Å². The monoisotopic (exact) mass is 252 g/mol. The third kappa shape index (κ3) is 1.87. The van der Waals surface area contributed by atoms with Crippen molar-refractivity contribution in [2.45, 2.75) is 6.92 Å². The number of H-pyrrole nitrogens is 1. The summed E-state index contributed by atoms with van der Waals surface area (Å²) in [5, 5.41) is 10.1. The minimum absolute atomic E-state index is 0.245. The number of hydrogen-bond donors (Lipinski definition) is 2. The lowest BCUT2D eigenvalue weighted by Gasteiger charge is -2.02. The number of nitrogens with zero attached hydrogens (tertiary/aromatic N) is 1. The lowest BCUT2D eigenvalue weighted by Crippen LogP contribution is -1.97. The van der Waals surface area contributed by atoms with Gasteiger partial charge in [0.05, 0.1) is 11.3 Å². The highest BCUT2D eigenvalue weighted by molar-refractivity contribution is 5.97. The first-order chi connectivity index (χ1) is 9.16. The molecule has 0 saturated heterocycles. The van der Waals surface area contributed by atoms with E-state index in [1.807, 2.05) is 31.2 Å². The molecule has 2 aromatic heterocycles. The van der Waals surface area contributed by atoms with Gasteiger partial charge in [-0.1, -0.05) is 18.2 Å². The van der Waals surface area contributed by atoms with Gasteiger partial charge in [-0.25, -0.2) is 4.79 Å². The largest absolute Gasteiger partial charge is 0.478 e. The van der Waals surface area contributed by atoms with Crippen LogP contribution in [-0.4, -0.2) is 21.0 Å². The van der Waals surface area contributed by atoms with Crippen LogP contribution in [0.4, 0.5) is 0 Å². The molecular formula is C15H12N2O2. The zero-order valence-electron chi connectivity index (χ0n) is 10.3. The van der Waals surface area contributed by atoms with Crippen LogP contribution in [0.15, 0.2) is 42.6 Å². The Labute approximate surface area is 109 Å². The van der Waals surface area contributed by atoms with Crippen LogP contribution in [0.25, 0.3) is 22.2 Å². The van der Waals surface area contributed by atoms with Crippen molar-refractivity contribution < 1.29 is 9.90 Å². The number of carboxylic acid groups (broad SMARTS) is 1. The number of pyridine rings is 1. The number of para-hydroxylation sites is 1. The van der Waals surface area contributed by atoms with Crippen molar-refractivity contribution in [3.8, 4) is 11.3 Å². The molecule has 3 aromatic rings. The minimum atomic E-state index is -0.943. The Bertz CT molecular complexity index is 775. The Balaban J connectivity index is 2.27. The highest BCUT2D eigenvalue weighted by atomic mass is 16.4. The topological polar surface area (TPSA) is 66.0 Å². The number of fused-ring (bicyclic) bond motifs is 1. The van der Waals surface area contributed by atoms with Gasteiger partial charge in [-0.2, -0.15) is 0 Å². The summed E-state index contributed by atoms with van der Waals surface area (Å²) in [5.74, 6) is -0.943. The van der Waals surface area contributed by atoms with Crippen molar-refractivity contribution in [2.24, 2.45) is 0 Å². The average molecular weight is 252 g/mol. The Morgan fingerprint density at radius 2 is 2.05 bits per heavy atom. The lowest BCUT2D eigenvalue weighted by molar-refractivity contribution is 0.0697. The number of aryl methyl sites for hydroxylation is 1. The van der Waals surface area contributed by atoms with Gasteiger partial charge in [-0.05, 0) is 25.1 Å². The van der Waals surface area contributed by atoms with Gasteiger partial charge in [0, 0.05) is 28.4 Å². The highest BCUT2D eigenvalue weighted by Crippen LogP contribution is 2.30. The molecule has 2 N–H and O–H groups in total. The first-order valence-electron chi connectivity index (χ1n) is 5.94. The Morgan fingerprint density at radius 1 is 1.26 bits per heavy atom. The first kappa shape index (κ1) is 11.5. The number of rotatable bonds is 2. The lowest BCUT2D eigenvalue weighted by atomic mass is 10.1. The standard InChI is InChI=1S/C15H12N2O2/c1-9-14(11-4-2-3-5-12(11)17-9)13-8-10(15(18)19)6-7-16-13/h2-8,17H,1H3,(H,18,19). The maximum Gasteiger partial charge on any atom is 0.335 e. The molecule has 0 radical (unpaired) electrons. The number of nitrogens with one attached hydrogen (secondary N) is 1. The number of aromatic carboxylic acids is 1. The number of aromatic amines is 1. The Kier molecular flexibility index (Phi) is 2.56. The van der Waals surface area contributed by atoms with Crippen molar-refractivity contribution in [3.05, 3.63) is 53.9 Å². The third-order valence-electron chi connectivity index (χ3n) is 3.16. The van der Waals surface area contributed by atoms with Gasteiger partial charge in [0.1, 0.15) is 0 Å². The molecule has 0 atom stereocenters. The van der Waals surface area contributed by atoms with Crippen LogP contribution >= 0.6 is 0 Å². The van der Waals surface area contributed by atoms with E-state index in [0.717, 1.165) is 22.2 Å². The molecule has 0 bridgehead atoms. The van der Waals surface area contributed by atoms with Crippen LogP contribution in [0.3, 0.4) is 0 Å². The van der Waals surface area contributed by atoms with E-state index in [4.69, 9.17) is 5.11 Å². The summed E-state index contributed by atoms with van der Waals surface area (Å²) in [7, 11) is 0. The molecule has 0 fully saturated rings. The molecule has 0 aliphatic carbocycles. The second-order valence-corrected chi connectivity index (χ2v) is 4.41. The number of carbonyl (C=O) groups is 1.